The molecule has 0 unspecified atom stereocenters. The van der Waals surface area contributed by atoms with Crippen LogP contribution < -0.4 is 0 Å². The Morgan fingerprint density at radius 3 is 2.14 bits per heavy atom. The first-order valence-electron chi connectivity index (χ1n) is 10.2. The van der Waals surface area contributed by atoms with E-state index < -0.39 is 0 Å². The van der Waals surface area contributed by atoms with Gasteiger partial charge in [0.15, 0.2) is 0 Å². The maximum absolute atomic E-state index is 2.44. The smallest absolute Gasteiger partial charge is 0.00576 e. The predicted octanol–water partition coefficient (Wildman–Crippen LogP) is 7.91. The van der Waals surface area contributed by atoms with Crippen LogP contribution in [0.2, 0.25) is 0 Å². The molecule has 4 aromatic carbocycles. The average Bonchev–Trinajstić information content (AvgIpc) is 3.16. The summed E-state index contributed by atoms with van der Waals surface area (Å²) in [6, 6.07) is 30.9. The van der Waals surface area contributed by atoms with Gasteiger partial charge in [-0.25, -0.2) is 0 Å². The summed E-state index contributed by atoms with van der Waals surface area (Å²) in [7, 11) is 0. The van der Waals surface area contributed by atoms with Crippen LogP contribution in [0.5, 0.6) is 0 Å². The van der Waals surface area contributed by atoms with Crippen LogP contribution in [0.25, 0.3) is 39.1 Å². The summed E-state index contributed by atoms with van der Waals surface area (Å²) in [4.78, 5) is 0. The highest BCUT2D eigenvalue weighted by atomic mass is 14.2. The van der Waals surface area contributed by atoms with Gasteiger partial charge in [-0.15, -0.1) is 0 Å². The molecule has 136 valence electrons. The van der Waals surface area contributed by atoms with Gasteiger partial charge in [0.2, 0.25) is 0 Å². The largest absolute Gasteiger partial charge is 0.0652 e. The van der Waals surface area contributed by atoms with E-state index in [1.807, 2.05) is 0 Å². The fourth-order valence-corrected chi connectivity index (χ4v) is 4.57. The number of allylic oxidation sites excluding steroid dienone is 1. The molecule has 0 bridgehead atoms. The number of hydrogen-bond donors (Lipinski definition) is 0. The summed E-state index contributed by atoms with van der Waals surface area (Å²) in [6.07, 6.45) is 5.95. The van der Waals surface area contributed by atoms with Crippen molar-refractivity contribution < 1.29 is 0 Å². The average molecular weight is 361 g/mol. The second kappa shape index (κ2) is 7.13. The van der Waals surface area contributed by atoms with E-state index in [0.29, 0.717) is 0 Å². The van der Waals surface area contributed by atoms with Crippen molar-refractivity contribution in [1.29, 1.82) is 0 Å². The van der Waals surface area contributed by atoms with E-state index in [-0.39, 0.29) is 0 Å². The third-order valence-electron chi connectivity index (χ3n) is 5.83. The van der Waals surface area contributed by atoms with Crippen molar-refractivity contribution in [3.8, 4) is 22.3 Å². The molecule has 0 saturated heterocycles. The lowest BCUT2D eigenvalue weighted by Crippen LogP contribution is -1.91. The zero-order valence-corrected chi connectivity index (χ0v) is 16.3. The van der Waals surface area contributed by atoms with Gasteiger partial charge in [-0.05, 0) is 57.0 Å². The summed E-state index contributed by atoms with van der Waals surface area (Å²) < 4.78 is 0. The van der Waals surface area contributed by atoms with Crippen LogP contribution >= 0.6 is 0 Å². The molecular formula is C28H24. The molecule has 0 N–H and O–H groups in total. The van der Waals surface area contributed by atoms with Gasteiger partial charge in [0.25, 0.3) is 0 Å². The second-order valence-electron chi connectivity index (χ2n) is 7.68. The van der Waals surface area contributed by atoms with Crippen molar-refractivity contribution in [3.63, 3.8) is 0 Å². The van der Waals surface area contributed by atoms with E-state index >= 15 is 0 Å². The Balaban J connectivity index is 1.73. The van der Waals surface area contributed by atoms with Crippen LogP contribution in [0, 0.1) is 0 Å². The van der Waals surface area contributed by atoms with Crippen LogP contribution in [0.1, 0.15) is 30.9 Å². The van der Waals surface area contributed by atoms with Gasteiger partial charge in [-0.1, -0.05) is 110 Å². The molecular weight excluding hydrogens is 336 g/mol. The number of hydrogen-bond acceptors (Lipinski definition) is 0. The first kappa shape index (κ1) is 17.0. The Morgan fingerprint density at radius 1 is 0.643 bits per heavy atom. The second-order valence-corrected chi connectivity index (χ2v) is 7.68. The van der Waals surface area contributed by atoms with Crippen LogP contribution in [-0.2, 0) is 6.42 Å². The Morgan fingerprint density at radius 2 is 1.29 bits per heavy atom. The monoisotopic (exact) mass is 360 g/mol. The normalized spacial score (nSPS) is 12.8. The maximum atomic E-state index is 2.44. The van der Waals surface area contributed by atoms with Crippen molar-refractivity contribution >= 4 is 16.8 Å². The molecule has 28 heavy (non-hydrogen) atoms. The Kier molecular flexibility index (Phi) is 4.33. The molecule has 1 aliphatic rings. The topological polar surface area (TPSA) is 0 Å². The van der Waals surface area contributed by atoms with Crippen molar-refractivity contribution in [2.45, 2.75) is 26.2 Å². The van der Waals surface area contributed by atoms with E-state index in [9.17, 15) is 0 Å². The quantitative estimate of drug-likeness (QED) is 0.347. The zero-order valence-electron chi connectivity index (χ0n) is 16.3. The van der Waals surface area contributed by atoms with E-state index in [1.54, 1.807) is 5.57 Å². The number of rotatable bonds is 4. The molecule has 0 radical (unpaired) electrons. The molecule has 0 aliphatic heterocycles. The molecule has 0 nitrogen and oxygen atoms in total. The van der Waals surface area contributed by atoms with E-state index in [2.05, 4.69) is 97.9 Å². The van der Waals surface area contributed by atoms with Gasteiger partial charge in [-0.2, -0.15) is 0 Å². The molecule has 5 rings (SSSR count). The first-order chi connectivity index (χ1) is 13.8. The van der Waals surface area contributed by atoms with Gasteiger partial charge < -0.3 is 0 Å². The Labute approximate surface area is 167 Å². The van der Waals surface area contributed by atoms with E-state index in [1.165, 1.54) is 57.0 Å². The van der Waals surface area contributed by atoms with Gasteiger partial charge in [0, 0.05) is 0 Å². The minimum Gasteiger partial charge on any atom is -0.0652 e. The highest BCUT2D eigenvalue weighted by Crippen LogP contribution is 2.41. The third-order valence-corrected chi connectivity index (χ3v) is 5.83. The third kappa shape index (κ3) is 2.86. The zero-order chi connectivity index (χ0) is 18.9. The van der Waals surface area contributed by atoms with E-state index in [0.717, 1.165) is 6.42 Å². The standard InChI is InChI=1S/C28H24/c1-2-9-20-18-22-12-8-17-27(28(22)19-20)26-15-6-5-14-25(26)24-16-7-11-21-10-3-4-13-23(21)24/h3-8,10-17,19H,2,9,18H2,1H3. The summed E-state index contributed by atoms with van der Waals surface area (Å²) in [5.74, 6) is 0. The van der Waals surface area contributed by atoms with Crippen molar-refractivity contribution in [1.82, 2.24) is 0 Å². The lowest BCUT2D eigenvalue weighted by atomic mass is 9.89. The van der Waals surface area contributed by atoms with Crippen LogP contribution in [-0.4, -0.2) is 0 Å². The lowest BCUT2D eigenvalue weighted by Gasteiger charge is -2.15. The molecule has 0 amide bonds. The Hall–Kier alpha value is -3.12. The minimum atomic E-state index is 1.10. The molecule has 0 atom stereocenters. The fraction of sp³-hybridized carbons (Fsp3) is 0.143. The molecule has 0 spiro atoms. The molecule has 0 fully saturated rings. The summed E-state index contributed by atoms with van der Waals surface area (Å²) in [5, 5.41) is 2.60. The van der Waals surface area contributed by atoms with Crippen molar-refractivity contribution in [3.05, 3.63) is 102 Å². The van der Waals surface area contributed by atoms with Crippen LogP contribution in [0.15, 0.2) is 90.5 Å². The number of fused-ring (bicyclic) bond motifs is 2. The highest BCUT2D eigenvalue weighted by molar-refractivity contribution is 6.01. The molecule has 0 aromatic heterocycles. The highest BCUT2D eigenvalue weighted by Gasteiger charge is 2.18. The van der Waals surface area contributed by atoms with Gasteiger partial charge in [-0.3, -0.25) is 0 Å². The lowest BCUT2D eigenvalue weighted by molar-refractivity contribution is 0.886. The van der Waals surface area contributed by atoms with Gasteiger partial charge in [0.1, 0.15) is 0 Å². The van der Waals surface area contributed by atoms with Crippen LogP contribution in [0.3, 0.4) is 0 Å². The molecule has 1 aliphatic carbocycles. The van der Waals surface area contributed by atoms with Gasteiger partial charge >= 0.3 is 0 Å². The predicted molar refractivity (Wildman–Crippen MR) is 121 cm³/mol. The van der Waals surface area contributed by atoms with Crippen molar-refractivity contribution in [2.24, 2.45) is 0 Å². The summed E-state index contributed by atoms with van der Waals surface area (Å²) in [6.45, 7) is 2.26. The van der Waals surface area contributed by atoms with Gasteiger partial charge in [0.05, 0.1) is 0 Å². The Bertz CT molecular complexity index is 1190. The fourth-order valence-electron chi connectivity index (χ4n) is 4.57. The SMILES string of the molecule is CCCC1=Cc2c(cccc2-c2ccccc2-c2cccc3ccccc23)C1. The van der Waals surface area contributed by atoms with E-state index in [4.69, 9.17) is 0 Å². The molecule has 4 aromatic rings. The molecule has 0 heteroatoms. The first-order valence-corrected chi connectivity index (χ1v) is 10.2. The minimum absolute atomic E-state index is 1.10. The van der Waals surface area contributed by atoms with Crippen molar-refractivity contribution in [2.75, 3.05) is 0 Å². The molecule has 0 saturated carbocycles. The summed E-state index contributed by atoms with van der Waals surface area (Å²) in [5.41, 5.74) is 9.74. The summed E-state index contributed by atoms with van der Waals surface area (Å²) >= 11 is 0. The number of benzene rings is 4. The maximum Gasteiger partial charge on any atom is -0.00576 e. The molecule has 0 heterocycles. The van der Waals surface area contributed by atoms with Crippen LogP contribution in [0.4, 0.5) is 0 Å².